The molecule has 0 radical (unpaired) electrons. The van der Waals surface area contributed by atoms with Crippen LogP contribution >= 0.6 is 0 Å². The number of rotatable bonds is 4. The highest BCUT2D eigenvalue weighted by Gasteiger charge is 2.38. The van der Waals surface area contributed by atoms with Gasteiger partial charge in [-0.15, -0.1) is 0 Å². The average molecular weight is 270 g/mol. The first-order valence-electron chi connectivity index (χ1n) is 7.00. The zero-order chi connectivity index (χ0) is 13.8. The summed E-state index contributed by atoms with van der Waals surface area (Å²) in [4.78, 5) is 26.3. The standard InChI is InChI=1S/C13H22N2O4/c1-2-6-19-11-4-3-5-14(9-11)13(18)15-7-10(8-15)12(16)17/h10-11H,2-9H2,1H3,(H,16,17). The summed E-state index contributed by atoms with van der Waals surface area (Å²) in [6, 6.07) is -0.0395. The van der Waals surface area contributed by atoms with Crippen molar-refractivity contribution < 1.29 is 19.4 Å². The number of hydrogen-bond donors (Lipinski definition) is 1. The topological polar surface area (TPSA) is 70.1 Å². The van der Waals surface area contributed by atoms with Crippen molar-refractivity contribution in [1.82, 2.24) is 9.80 Å². The number of urea groups is 1. The molecule has 2 saturated heterocycles. The van der Waals surface area contributed by atoms with Gasteiger partial charge in [-0.05, 0) is 19.3 Å². The molecular weight excluding hydrogens is 248 g/mol. The second-order valence-electron chi connectivity index (χ2n) is 5.30. The highest BCUT2D eigenvalue weighted by molar-refractivity contribution is 5.80. The van der Waals surface area contributed by atoms with Crippen LogP contribution in [0.1, 0.15) is 26.2 Å². The maximum absolute atomic E-state index is 12.2. The second-order valence-corrected chi connectivity index (χ2v) is 5.30. The Hall–Kier alpha value is -1.30. The number of likely N-dealkylation sites (tertiary alicyclic amines) is 2. The van der Waals surface area contributed by atoms with Crippen LogP contribution in [-0.4, -0.2) is 65.8 Å². The number of carbonyl (C=O) groups excluding carboxylic acids is 1. The van der Waals surface area contributed by atoms with Crippen LogP contribution in [0, 0.1) is 5.92 Å². The normalized spacial score (nSPS) is 24.2. The minimum atomic E-state index is -0.813. The lowest BCUT2D eigenvalue weighted by Gasteiger charge is -2.42. The van der Waals surface area contributed by atoms with Crippen molar-refractivity contribution in [3.8, 4) is 0 Å². The Balaban J connectivity index is 1.78. The summed E-state index contributed by atoms with van der Waals surface area (Å²) in [6.07, 6.45) is 3.07. The fourth-order valence-electron chi connectivity index (χ4n) is 2.52. The van der Waals surface area contributed by atoms with E-state index in [-0.39, 0.29) is 18.1 Å². The molecule has 0 aliphatic carbocycles. The van der Waals surface area contributed by atoms with Gasteiger partial charge in [-0.1, -0.05) is 6.92 Å². The predicted molar refractivity (Wildman–Crippen MR) is 68.9 cm³/mol. The number of carboxylic acids is 1. The molecule has 2 amide bonds. The molecular formula is C13H22N2O4. The van der Waals surface area contributed by atoms with Gasteiger partial charge in [0, 0.05) is 32.8 Å². The number of ether oxygens (including phenoxy) is 1. The smallest absolute Gasteiger partial charge is 0.320 e. The highest BCUT2D eigenvalue weighted by Crippen LogP contribution is 2.21. The fraction of sp³-hybridized carbons (Fsp3) is 0.846. The molecule has 2 rings (SSSR count). The molecule has 0 aromatic rings. The zero-order valence-corrected chi connectivity index (χ0v) is 11.4. The van der Waals surface area contributed by atoms with Crippen molar-refractivity contribution in [3.63, 3.8) is 0 Å². The van der Waals surface area contributed by atoms with Gasteiger partial charge in [0.1, 0.15) is 0 Å². The number of aliphatic carboxylic acids is 1. The highest BCUT2D eigenvalue weighted by atomic mass is 16.5. The predicted octanol–water partition coefficient (Wildman–Crippen LogP) is 1.01. The van der Waals surface area contributed by atoms with Crippen LogP contribution in [0.3, 0.4) is 0 Å². The summed E-state index contributed by atoms with van der Waals surface area (Å²) in [7, 11) is 0. The van der Waals surface area contributed by atoms with Crippen LogP contribution in [0.5, 0.6) is 0 Å². The second kappa shape index (κ2) is 6.23. The zero-order valence-electron chi connectivity index (χ0n) is 11.4. The molecule has 2 fully saturated rings. The van der Waals surface area contributed by atoms with Crippen LogP contribution in [0.15, 0.2) is 0 Å². The minimum Gasteiger partial charge on any atom is -0.481 e. The molecule has 19 heavy (non-hydrogen) atoms. The molecule has 6 nitrogen and oxygen atoms in total. The van der Waals surface area contributed by atoms with Gasteiger partial charge in [-0.2, -0.15) is 0 Å². The molecule has 1 atom stereocenters. The maximum Gasteiger partial charge on any atom is 0.320 e. The Morgan fingerprint density at radius 2 is 2.00 bits per heavy atom. The van der Waals surface area contributed by atoms with E-state index in [1.807, 2.05) is 0 Å². The van der Waals surface area contributed by atoms with Gasteiger partial charge in [0.2, 0.25) is 0 Å². The lowest BCUT2D eigenvalue weighted by Crippen LogP contribution is -2.58. The van der Waals surface area contributed by atoms with Crippen LogP contribution in [0.2, 0.25) is 0 Å². The van der Waals surface area contributed by atoms with Crippen molar-refractivity contribution in [3.05, 3.63) is 0 Å². The van der Waals surface area contributed by atoms with E-state index in [0.717, 1.165) is 32.4 Å². The molecule has 2 aliphatic rings. The summed E-state index contributed by atoms with van der Waals surface area (Å²) < 4.78 is 5.70. The Labute approximate surface area is 113 Å². The summed E-state index contributed by atoms with van der Waals surface area (Å²) in [5.41, 5.74) is 0. The third-order valence-corrected chi connectivity index (χ3v) is 3.71. The maximum atomic E-state index is 12.2. The molecule has 6 heteroatoms. The number of carbonyl (C=O) groups is 2. The van der Waals surface area contributed by atoms with Crippen LogP contribution < -0.4 is 0 Å². The lowest BCUT2D eigenvalue weighted by atomic mass is 10.0. The van der Waals surface area contributed by atoms with Gasteiger partial charge >= 0.3 is 12.0 Å². The van der Waals surface area contributed by atoms with E-state index in [9.17, 15) is 9.59 Å². The van der Waals surface area contributed by atoms with E-state index < -0.39 is 5.97 Å². The number of piperidine rings is 1. The van der Waals surface area contributed by atoms with Gasteiger partial charge in [-0.25, -0.2) is 4.79 Å². The summed E-state index contributed by atoms with van der Waals surface area (Å²) >= 11 is 0. The quantitative estimate of drug-likeness (QED) is 0.828. The molecule has 0 saturated carbocycles. The van der Waals surface area contributed by atoms with Crippen molar-refractivity contribution in [1.29, 1.82) is 0 Å². The van der Waals surface area contributed by atoms with Gasteiger partial charge in [0.25, 0.3) is 0 Å². The molecule has 1 N–H and O–H groups in total. The van der Waals surface area contributed by atoms with Gasteiger partial charge in [0.15, 0.2) is 0 Å². The summed E-state index contributed by atoms with van der Waals surface area (Å²) in [6.45, 7) is 4.86. The van der Waals surface area contributed by atoms with E-state index in [1.54, 1.807) is 9.80 Å². The van der Waals surface area contributed by atoms with E-state index >= 15 is 0 Å². The molecule has 1 unspecified atom stereocenters. The molecule has 2 heterocycles. The fourth-order valence-corrected chi connectivity index (χ4v) is 2.52. The van der Waals surface area contributed by atoms with Crippen molar-refractivity contribution in [2.45, 2.75) is 32.3 Å². The van der Waals surface area contributed by atoms with Crippen LogP contribution in [0.25, 0.3) is 0 Å². The van der Waals surface area contributed by atoms with Crippen molar-refractivity contribution in [2.75, 3.05) is 32.8 Å². The van der Waals surface area contributed by atoms with E-state index in [2.05, 4.69) is 6.92 Å². The Bertz CT molecular complexity index is 342. The summed E-state index contributed by atoms with van der Waals surface area (Å²) in [5, 5.41) is 8.81. The third kappa shape index (κ3) is 3.37. The van der Waals surface area contributed by atoms with Crippen molar-refractivity contribution >= 4 is 12.0 Å². The van der Waals surface area contributed by atoms with Gasteiger partial charge in [-0.3, -0.25) is 4.79 Å². The molecule has 0 aromatic heterocycles. The molecule has 2 aliphatic heterocycles. The first-order chi connectivity index (χ1) is 9.11. The van der Waals surface area contributed by atoms with Gasteiger partial charge < -0.3 is 19.6 Å². The SMILES string of the molecule is CCCOC1CCCN(C(=O)N2CC(C(=O)O)C2)C1. The van der Waals surface area contributed by atoms with Crippen LogP contribution in [0.4, 0.5) is 4.79 Å². The Kier molecular flexibility index (Phi) is 4.63. The number of carboxylic acid groups (broad SMARTS) is 1. The van der Waals surface area contributed by atoms with E-state index in [0.29, 0.717) is 19.6 Å². The molecule has 108 valence electrons. The average Bonchev–Trinajstić information content (AvgIpc) is 2.34. The van der Waals surface area contributed by atoms with E-state index in [1.165, 1.54) is 0 Å². The largest absolute Gasteiger partial charge is 0.481 e. The monoisotopic (exact) mass is 270 g/mol. The Morgan fingerprint density at radius 3 is 2.63 bits per heavy atom. The lowest BCUT2D eigenvalue weighted by molar-refractivity contribution is -0.146. The molecule has 0 spiro atoms. The molecule has 0 bridgehead atoms. The third-order valence-electron chi connectivity index (χ3n) is 3.71. The van der Waals surface area contributed by atoms with E-state index in [4.69, 9.17) is 9.84 Å². The number of nitrogens with zero attached hydrogens (tertiary/aromatic N) is 2. The van der Waals surface area contributed by atoms with Gasteiger partial charge in [0.05, 0.1) is 12.0 Å². The molecule has 0 aromatic carbocycles. The minimum absolute atomic E-state index is 0.0395. The van der Waals surface area contributed by atoms with Crippen molar-refractivity contribution in [2.24, 2.45) is 5.92 Å². The number of hydrogen-bond acceptors (Lipinski definition) is 3. The number of amides is 2. The van der Waals surface area contributed by atoms with Crippen LogP contribution in [-0.2, 0) is 9.53 Å². The Morgan fingerprint density at radius 1 is 1.26 bits per heavy atom. The first-order valence-corrected chi connectivity index (χ1v) is 7.00. The first kappa shape index (κ1) is 14.1. The summed E-state index contributed by atoms with van der Waals surface area (Å²) in [5.74, 6) is -1.20.